The average molecular weight is 289 g/mol. The molecule has 1 rings (SSSR count). The molecule has 0 saturated carbocycles. The van der Waals surface area contributed by atoms with Gasteiger partial charge in [-0.15, -0.1) is 0 Å². The van der Waals surface area contributed by atoms with Crippen molar-refractivity contribution in [2.75, 3.05) is 36.3 Å². The second-order valence-corrected chi connectivity index (χ2v) is 5.22. The number of hydrogen-bond donors (Lipinski definition) is 2. The molecule has 6 heteroatoms. The van der Waals surface area contributed by atoms with Crippen LogP contribution in [0.15, 0.2) is 18.2 Å². The number of carbonyl (C=O) groups excluding carboxylic acids is 1. The fourth-order valence-corrected chi connectivity index (χ4v) is 2.21. The Labute approximate surface area is 116 Å². The van der Waals surface area contributed by atoms with Crippen LogP contribution in [0.2, 0.25) is 5.02 Å². The number of ether oxygens (including phenoxy) is 1. The minimum atomic E-state index is -0.0635. The van der Waals surface area contributed by atoms with Crippen molar-refractivity contribution in [2.45, 2.75) is 6.42 Å². The second-order valence-electron chi connectivity index (χ2n) is 3.68. The maximum absolute atomic E-state index is 11.6. The number of anilines is 2. The van der Waals surface area contributed by atoms with Gasteiger partial charge in [0.15, 0.2) is 0 Å². The summed E-state index contributed by atoms with van der Waals surface area (Å²) in [4.78, 5) is 11.6. The highest BCUT2D eigenvalue weighted by Crippen LogP contribution is 2.22. The molecule has 1 aromatic rings. The molecule has 0 heterocycles. The highest BCUT2D eigenvalue weighted by molar-refractivity contribution is 7.99. The number of rotatable bonds is 7. The van der Waals surface area contributed by atoms with E-state index in [2.05, 4.69) is 5.32 Å². The maximum atomic E-state index is 11.6. The van der Waals surface area contributed by atoms with Crippen LogP contribution in [0.3, 0.4) is 0 Å². The van der Waals surface area contributed by atoms with E-state index in [1.807, 2.05) is 0 Å². The molecule has 0 aliphatic carbocycles. The first kappa shape index (κ1) is 15.1. The number of amides is 1. The third-order valence-electron chi connectivity index (χ3n) is 2.16. The SMILES string of the molecule is COCCCSCC(=O)Nc1ccc(Cl)cc1N. The molecule has 0 atom stereocenters. The summed E-state index contributed by atoms with van der Waals surface area (Å²) in [5.41, 5.74) is 6.81. The fourth-order valence-electron chi connectivity index (χ4n) is 1.30. The van der Waals surface area contributed by atoms with Crippen LogP contribution in [-0.2, 0) is 9.53 Å². The number of benzene rings is 1. The number of nitrogens with two attached hydrogens (primary N) is 1. The highest BCUT2D eigenvalue weighted by atomic mass is 35.5. The fraction of sp³-hybridized carbons (Fsp3) is 0.417. The Morgan fingerprint density at radius 1 is 1.56 bits per heavy atom. The van der Waals surface area contributed by atoms with Crippen LogP contribution in [0.1, 0.15) is 6.42 Å². The minimum absolute atomic E-state index is 0.0635. The van der Waals surface area contributed by atoms with Crippen molar-refractivity contribution in [3.05, 3.63) is 23.2 Å². The molecule has 0 fully saturated rings. The van der Waals surface area contributed by atoms with Crippen molar-refractivity contribution in [1.29, 1.82) is 0 Å². The van der Waals surface area contributed by atoms with E-state index < -0.39 is 0 Å². The number of nitrogen functional groups attached to an aromatic ring is 1. The third kappa shape index (κ3) is 5.62. The summed E-state index contributed by atoms with van der Waals surface area (Å²) < 4.78 is 4.93. The van der Waals surface area contributed by atoms with Gasteiger partial charge in [-0.2, -0.15) is 11.8 Å². The Bertz CT molecular complexity index is 402. The van der Waals surface area contributed by atoms with E-state index in [1.54, 1.807) is 37.1 Å². The molecule has 0 spiro atoms. The Kier molecular flexibility index (Phi) is 6.93. The predicted molar refractivity (Wildman–Crippen MR) is 78.3 cm³/mol. The monoisotopic (exact) mass is 288 g/mol. The van der Waals surface area contributed by atoms with Gasteiger partial charge in [0.05, 0.1) is 17.1 Å². The zero-order valence-electron chi connectivity index (χ0n) is 10.2. The van der Waals surface area contributed by atoms with E-state index in [0.29, 0.717) is 22.2 Å². The van der Waals surface area contributed by atoms with Crippen molar-refractivity contribution in [1.82, 2.24) is 0 Å². The van der Waals surface area contributed by atoms with Crippen LogP contribution >= 0.6 is 23.4 Å². The smallest absolute Gasteiger partial charge is 0.234 e. The molecule has 0 aliphatic rings. The quantitative estimate of drug-likeness (QED) is 0.598. The number of methoxy groups -OCH3 is 1. The van der Waals surface area contributed by atoms with E-state index in [1.165, 1.54) is 0 Å². The van der Waals surface area contributed by atoms with E-state index in [0.717, 1.165) is 18.8 Å². The first-order chi connectivity index (χ1) is 8.63. The van der Waals surface area contributed by atoms with Crippen LogP contribution in [0.4, 0.5) is 11.4 Å². The van der Waals surface area contributed by atoms with E-state index in [-0.39, 0.29) is 5.91 Å². The van der Waals surface area contributed by atoms with Crippen LogP contribution in [0.25, 0.3) is 0 Å². The van der Waals surface area contributed by atoms with Crippen molar-refractivity contribution >= 4 is 40.6 Å². The first-order valence-corrected chi connectivity index (χ1v) is 7.08. The summed E-state index contributed by atoms with van der Waals surface area (Å²) in [6.07, 6.45) is 0.942. The van der Waals surface area contributed by atoms with Gasteiger partial charge in [0, 0.05) is 18.7 Å². The van der Waals surface area contributed by atoms with E-state index in [4.69, 9.17) is 22.1 Å². The highest BCUT2D eigenvalue weighted by Gasteiger charge is 2.05. The number of thioether (sulfide) groups is 1. The molecule has 0 aliphatic heterocycles. The van der Waals surface area contributed by atoms with Gasteiger partial charge >= 0.3 is 0 Å². The molecule has 3 N–H and O–H groups in total. The molecule has 0 unspecified atom stereocenters. The summed E-state index contributed by atoms with van der Waals surface area (Å²) in [6.45, 7) is 0.721. The summed E-state index contributed by atoms with van der Waals surface area (Å²) in [5.74, 6) is 1.25. The topological polar surface area (TPSA) is 64.3 Å². The Morgan fingerprint density at radius 2 is 2.33 bits per heavy atom. The van der Waals surface area contributed by atoms with Gasteiger partial charge in [0.1, 0.15) is 0 Å². The number of halogens is 1. The van der Waals surface area contributed by atoms with Gasteiger partial charge in [-0.05, 0) is 30.4 Å². The lowest BCUT2D eigenvalue weighted by Crippen LogP contribution is -2.15. The van der Waals surface area contributed by atoms with Crippen molar-refractivity contribution in [3.63, 3.8) is 0 Å². The molecule has 0 aromatic heterocycles. The average Bonchev–Trinajstić information content (AvgIpc) is 2.32. The molecule has 1 aromatic carbocycles. The van der Waals surface area contributed by atoms with Gasteiger partial charge in [-0.1, -0.05) is 11.6 Å². The summed E-state index contributed by atoms with van der Waals surface area (Å²) in [7, 11) is 1.67. The van der Waals surface area contributed by atoms with Gasteiger partial charge in [-0.25, -0.2) is 0 Å². The Balaban J connectivity index is 2.31. The Morgan fingerprint density at radius 3 is 3.00 bits per heavy atom. The lowest BCUT2D eigenvalue weighted by atomic mass is 10.2. The number of hydrogen-bond acceptors (Lipinski definition) is 4. The minimum Gasteiger partial charge on any atom is -0.397 e. The van der Waals surface area contributed by atoms with Crippen molar-refractivity contribution in [2.24, 2.45) is 0 Å². The lowest BCUT2D eigenvalue weighted by molar-refractivity contribution is -0.113. The zero-order valence-corrected chi connectivity index (χ0v) is 11.8. The van der Waals surface area contributed by atoms with Gasteiger partial charge < -0.3 is 15.8 Å². The van der Waals surface area contributed by atoms with Crippen molar-refractivity contribution < 1.29 is 9.53 Å². The number of carbonyl (C=O) groups is 1. The van der Waals surface area contributed by atoms with Crippen LogP contribution in [0, 0.1) is 0 Å². The standard InChI is InChI=1S/C12H17ClN2O2S/c1-17-5-2-6-18-8-12(16)15-11-4-3-9(13)7-10(11)14/h3-4,7H,2,5-6,8,14H2,1H3,(H,15,16). The largest absolute Gasteiger partial charge is 0.397 e. The molecule has 1 amide bonds. The van der Waals surface area contributed by atoms with Gasteiger partial charge in [-0.3, -0.25) is 4.79 Å². The van der Waals surface area contributed by atoms with E-state index >= 15 is 0 Å². The maximum Gasteiger partial charge on any atom is 0.234 e. The summed E-state index contributed by atoms with van der Waals surface area (Å²) in [5, 5.41) is 3.31. The molecule has 18 heavy (non-hydrogen) atoms. The molecular formula is C12H17ClN2O2S. The summed E-state index contributed by atoms with van der Waals surface area (Å²) in [6, 6.07) is 5.01. The molecule has 100 valence electrons. The van der Waals surface area contributed by atoms with Crippen LogP contribution in [0.5, 0.6) is 0 Å². The van der Waals surface area contributed by atoms with Crippen LogP contribution in [-0.4, -0.2) is 31.1 Å². The van der Waals surface area contributed by atoms with Crippen molar-refractivity contribution in [3.8, 4) is 0 Å². The van der Waals surface area contributed by atoms with E-state index in [9.17, 15) is 4.79 Å². The van der Waals surface area contributed by atoms with Gasteiger partial charge in [0.25, 0.3) is 0 Å². The zero-order chi connectivity index (χ0) is 13.4. The number of nitrogens with one attached hydrogen (secondary N) is 1. The van der Waals surface area contributed by atoms with Gasteiger partial charge in [0.2, 0.25) is 5.91 Å². The molecule has 0 bridgehead atoms. The predicted octanol–water partition coefficient (Wildman–Crippen LogP) is 2.63. The summed E-state index contributed by atoms with van der Waals surface area (Å²) >= 11 is 7.35. The molecule has 4 nitrogen and oxygen atoms in total. The van der Waals surface area contributed by atoms with Crippen LogP contribution < -0.4 is 11.1 Å². The Hall–Kier alpha value is -0.910. The second kappa shape index (κ2) is 8.24. The molecule has 0 saturated heterocycles. The lowest BCUT2D eigenvalue weighted by Gasteiger charge is -2.08. The molecular weight excluding hydrogens is 272 g/mol. The molecule has 0 radical (unpaired) electrons. The normalized spacial score (nSPS) is 10.3. The first-order valence-electron chi connectivity index (χ1n) is 5.55. The third-order valence-corrected chi connectivity index (χ3v) is 3.44.